The molecule has 7 nitrogen and oxygen atoms in total. The van der Waals surface area contributed by atoms with Crippen LogP contribution in [0.4, 0.5) is 0 Å². The number of aliphatic imine (C=N–C) groups is 1. The number of piperidine rings is 1. The fraction of sp³-hybridized carbons (Fsp3) is 0.450. The van der Waals surface area contributed by atoms with E-state index in [0.717, 1.165) is 49.7 Å². The van der Waals surface area contributed by atoms with Crippen LogP contribution in [-0.4, -0.2) is 53.1 Å². The summed E-state index contributed by atoms with van der Waals surface area (Å²) < 4.78 is 6.88. The third-order valence-corrected chi connectivity index (χ3v) is 4.84. The number of guanidine groups is 1. The number of para-hydroxylation sites is 1. The third kappa shape index (κ3) is 4.67. The second-order valence-electron chi connectivity index (χ2n) is 6.55. The molecule has 0 unspecified atom stereocenters. The second-order valence-corrected chi connectivity index (χ2v) is 6.55. The van der Waals surface area contributed by atoms with Crippen molar-refractivity contribution in [3.8, 4) is 5.69 Å². The summed E-state index contributed by atoms with van der Waals surface area (Å²) in [5, 5.41) is 3.38. The minimum Gasteiger partial charge on any atom is -0.469 e. The SMILES string of the molecule is CCNC(=NCc1ccccc1-n1ccnc1)N1CCC(C(=O)OC)CC1. The molecule has 3 rings (SSSR count). The van der Waals surface area contributed by atoms with Gasteiger partial charge in [0.05, 0.1) is 31.6 Å². The first kappa shape index (κ1) is 18.9. The number of carbonyl (C=O) groups excluding carboxylic acids is 1. The highest BCUT2D eigenvalue weighted by molar-refractivity contribution is 5.80. The van der Waals surface area contributed by atoms with Gasteiger partial charge in [0, 0.05) is 32.0 Å². The van der Waals surface area contributed by atoms with Gasteiger partial charge >= 0.3 is 5.97 Å². The lowest BCUT2D eigenvalue weighted by Crippen LogP contribution is -2.46. The van der Waals surface area contributed by atoms with Gasteiger partial charge in [-0.1, -0.05) is 18.2 Å². The summed E-state index contributed by atoms with van der Waals surface area (Å²) in [4.78, 5) is 22.9. The maximum absolute atomic E-state index is 11.7. The lowest BCUT2D eigenvalue weighted by molar-refractivity contribution is -0.146. The average Bonchev–Trinajstić information content (AvgIpc) is 3.25. The minimum absolute atomic E-state index is 0.00362. The van der Waals surface area contributed by atoms with Gasteiger partial charge < -0.3 is 19.5 Å². The van der Waals surface area contributed by atoms with E-state index in [1.165, 1.54) is 7.11 Å². The molecule has 2 heterocycles. The van der Waals surface area contributed by atoms with Crippen LogP contribution >= 0.6 is 0 Å². The molecular weight excluding hydrogens is 342 g/mol. The monoisotopic (exact) mass is 369 g/mol. The van der Waals surface area contributed by atoms with Crippen molar-refractivity contribution < 1.29 is 9.53 Å². The Kier molecular flexibility index (Phi) is 6.46. The maximum Gasteiger partial charge on any atom is 0.308 e. The third-order valence-electron chi connectivity index (χ3n) is 4.84. The van der Waals surface area contributed by atoms with Crippen LogP contribution in [0, 0.1) is 5.92 Å². The molecule has 0 saturated carbocycles. The van der Waals surface area contributed by atoms with Crippen LogP contribution in [0.2, 0.25) is 0 Å². The number of imidazole rings is 1. The first-order chi connectivity index (χ1) is 13.2. The molecule has 1 saturated heterocycles. The van der Waals surface area contributed by atoms with Crippen LogP contribution in [0.25, 0.3) is 5.69 Å². The van der Waals surface area contributed by atoms with E-state index in [1.54, 1.807) is 12.5 Å². The Morgan fingerprint density at radius 2 is 2.11 bits per heavy atom. The smallest absolute Gasteiger partial charge is 0.308 e. The second kappa shape index (κ2) is 9.21. The van der Waals surface area contributed by atoms with E-state index in [-0.39, 0.29) is 11.9 Å². The van der Waals surface area contributed by atoms with Crippen molar-refractivity contribution in [2.24, 2.45) is 10.9 Å². The number of likely N-dealkylation sites (tertiary alicyclic amines) is 1. The molecule has 0 aliphatic carbocycles. The van der Waals surface area contributed by atoms with E-state index < -0.39 is 0 Å². The summed E-state index contributed by atoms with van der Waals surface area (Å²) in [6.07, 6.45) is 7.09. The minimum atomic E-state index is -0.106. The van der Waals surface area contributed by atoms with Gasteiger partial charge in [-0.2, -0.15) is 0 Å². The van der Waals surface area contributed by atoms with Crippen molar-refractivity contribution in [1.82, 2.24) is 19.8 Å². The molecule has 1 aliphatic rings. The summed E-state index contributed by atoms with van der Waals surface area (Å²) in [5.74, 6) is 0.781. The van der Waals surface area contributed by atoms with Gasteiger partial charge in [0.1, 0.15) is 0 Å². The van der Waals surface area contributed by atoms with Gasteiger partial charge in [0.15, 0.2) is 5.96 Å². The molecule has 1 fully saturated rings. The fourth-order valence-corrected chi connectivity index (χ4v) is 3.38. The Morgan fingerprint density at radius 1 is 1.33 bits per heavy atom. The van der Waals surface area contributed by atoms with Crippen LogP contribution in [-0.2, 0) is 16.1 Å². The Morgan fingerprint density at radius 3 is 2.78 bits per heavy atom. The van der Waals surface area contributed by atoms with Gasteiger partial charge in [0.25, 0.3) is 0 Å². The van der Waals surface area contributed by atoms with Gasteiger partial charge in [0.2, 0.25) is 0 Å². The number of benzene rings is 1. The highest BCUT2D eigenvalue weighted by Gasteiger charge is 2.26. The number of ether oxygens (including phenoxy) is 1. The van der Waals surface area contributed by atoms with Crippen LogP contribution in [0.1, 0.15) is 25.3 Å². The summed E-state index contributed by atoms with van der Waals surface area (Å²) in [7, 11) is 1.46. The van der Waals surface area contributed by atoms with Crippen LogP contribution in [0.3, 0.4) is 0 Å². The van der Waals surface area contributed by atoms with E-state index in [0.29, 0.717) is 6.54 Å². The summed E-state index contributed by atoms with van der Waals surface area (Å²) >= 11 is 0. The van der Waals surface area contributed by atoms with E-state index in [9.17, 15) is 4.79 Å². The molecule has 0 bridgehead atoms. The number of aromatic nitrogens is 2. The molecule has 0 spiro atoms. The maximum atomic E-state index is 11.7. The van der Waals surface area contributed by atoms with Crippen molar-refractivity contribution in [3.05, 3.63) is 48.5 Å². The van der Waals surface area contributed by atoms with Crippen LogP contribution in [0.5, 0.6) is 0 Å². The quantitative estimate of drug-likeness (QED) is 0.497. The zero-order valence-electron chi connectivity index (χ0n) is 16.0. The van der Waals surface area contributed by atoms with Crippen molar-refractivity contribution in [1.29, 1.82) is 0 Å². The number of rotatable bonds is 5. The molecule has 0 radical (unpaired) electrons. The normalized spacial score (nSPS) is 15.6. The lowest BCUT2D eigenvalue weighted by atomic mass is 9.97. The lowest BCUT2D eigenvalue weighted by Gasteiger charge is -2.33. The highest BCUT2D eigenvalue weighted by atomic mass is 16.5. The van der Waals surface area contributed by atoms with E-state index >= 15 is 0 Å². The number of carbonyl (C=O) groups is 1. The largest absolute Gasteiger partial charge is 0.469 e. The number of esters is 1. The Balaban J connectivity index is 1.71. The van der Waals surface area contributed by atoms with Crippen molar-refractivity contribution >= 4 is 11.9 Å². The summed E-state index contributed by atoms with van der Waals surface area (Å²) in [6.45, 7) is 5.05. The Bertz CT molecular complexity index is 764. The van der Waals surface area contributed by atoms with Gasteiger partial charge in [-0.25, -0.2) is 9.98 Å². The zero-order chi connectivity index (χ0) is 19.1. The molecule has 0 amide bonds. The van der Waals surface area contributed by atoms with E-state index in [2.05, 4.69) is 34.3 Å². The van der Waals surface area contributed by atoms with E-state index in [4.69, 9.17) is 9.73 Å². The number of nitrogens with zero attached hydrogens (tertiary/aromatic N) is 4. The Labute approximate surface area is 160 Å². The number of methoxy groups -OCH3 is 1. The Hall–Kier alpha value is -2.83. The first-order valence-corrected chi connectivity index (χ1v) is 9.40. The summed E-state index contributed by atoms with van der Waals surface area (Å²) in [5.41, 5.74) is 2.22. The molecule has 1 N–H and O–H groups in total. The standard InChI is InChI=1S/C20H27N5O2/c1-3-22-20(24-11-8-16(9-12-24)19(26)27-2)23-14-17-6-4-5-7-18(17)25-13-10-21-15-25/h4-7,10,13,15-16H,3,8-9,11-12,14H2,1-2H3,(H,22,23). The fourth-order valence-electron chi connectivity index (χ4n) is 3.38. The molecule has 1 aromatic carbocycles. The van der Waals surface area contributed by atoms with Crippen molar-refractivity contribution in [2.75, 3.05) is 26.7 Å². The molecular formula is C20H27N5O2. The predicted molar refractivity (Wildman–Crippen MR) is 105 cm³/mol. The topological polar surface area (TPSA) is 71.8 Å². The van der Waals surface area contributed by atoms with E-state index in [1.807, 2.05) is 22.9 Å². The average molecular weight is 369 g/mol. The predicted octanol–water partition coefficient (Wildman–Crippen LogP) is 2.22. The molecule has 7 heteroatoms. The molecule has 1 aromatic heterocycles. The van der Waals surface area contributed by atoms with Crippen molar-refractivity contribution in [2.45, 2.75) is 26.3 Å². The molecule has 0 atom stereocenters. The van der Waals surface area contributed by atoms with Crippen LogP contribution in [0.15, 0.2) is 48.0 Å². The highest BCUT2D eigenvalue weighted by Crippen LogP contribution is 2.19. The number of nitrogens with one attached hydrogen (secondary N) is 1. The van der Waals surface area contributed by atoms with Crippen molar-refractivity contribution in [3.63, 3.8) is 0 Å². The molecule has 144 valence electrons. The molecule has 27 heavy (non-hydrogen) atoms. The first-order valence-electron chi connectivity index (χ1n) is 9.40. The molecule has 1 aliphatic heterocycles. The zero-order valence-corrected chi connectivity index (χ0v) is 16.0. The number of hydrogen-bond donors (Lipinski definition) is 1. The van der Waals surface area contributed by atoms with Crippen LogP contribution < -0.4 is 5.32 Å². The van der Waals surface area contributed by atoms with Gasteiger partial charge in [-0.15, -0.1) is 0 Å². The number of hydrogen-bond acceptors (Lipinski definition) is 4. The summed E-state index contributed by atoms with van der Waals surface area (Å²) in [6, 6.07) is 8.21. The van der Waals surface area contributed by atoms with Gasteiger partial charge in [-0.05, 0) is 31.4 Å². The molecule has 2 aromatic rings. The van der Waals surface area contributed by atoms with Gasteiger partial charge in [-0.3, -0.25) is 4.79 Å².